The van der Waals surface area contributed by atoms with E-state index in [4.69, 9.17) is 4.74 Å². The maximum absolute atomic E-state index is 12.4. The van der Waals surface area contributed by atoms with E-state index in [0.717, 1.165) is 12.3 Å². The normalized spacial score (nSPS) is 11.2. The molecule has 11 nitrogen and oxygen atoms in total. The van der Waals surface area contributed by atoms with E-state index >= 15 is 0 Å². The fourth-order valence-corrected chi connectivity index (χ4v) is 3.63. The molecular weight excluding hydrogens is 440 g/mol. The number of nitrogens with zero attached hydrogens (tertiary/aromatic N) is 1. The smallest absolute Gasteiger partial charge is 0.293 e. The molecule has 0 atom stereocenters. The van der Waals surface area contributed by atoms with Crippen LogP contribution in [0.15, 0.2) is 52.2 Å². The minimum atomic E-state index is -3.60. The molecule has 0 unspecified atom stereocenters. The molecule has 12 heteroatoms. The summed E-state index contributed by atoms with van der Waals surface area (Å²) in [6.45, 7) is 0.156. The highest BCUT2D eigenvalue weighted by molar-refractivity contribution is 7.90. The lowest BCUT2D eigenvalue weighted by Crippen LogP contribution is -2.32. The summed E-state index contributed by atoms with van der Waals surface area (Å²) in [6.07, 6.45) is 0.958. The highest BCUT2D eigenvalue weighted by Gasteiger charge is 2.18. The summed E-state index contributed by atoms with van der Waals surface area (Å²) in [5, 5.41) is 17.2. The highest BCUT2D eigenvalue weighted by Crippen LogP contribution is 2.27. The molecule has 0 aliphatic carbocycles. The van der Waals surface area contributed by atoms with Crippen molar-refractivity contribution in [2.24, 2.45) is 0 Å². The predicted molar refractivity (Wildman–Crippen MR) is 118 cm³/mol. The molecule has 3 rings (SSSR count). The maximum atomic E-state index is 12.4. The Kier molecular flexibility index (Phi) is 6.44. The number of rotatable bonds is 8. The fraction of sp³-hybridized carbons (Fsp3) is 0.200. The zero-order chi connectivity index (χ0) is 23.5. The van der Waals surface area contributed by atoms with E-state index in [2.05, 4.69) is 15.6 Å². The van der Waals surface area contributed by atoms with Crippen LogP contribution < -0.4 is 20.9 Å². The molecular formula is C20H20N4O7S. The van der Waals surface area contributed by atoms with Gasteiger partial charge in [-0.1, -0.05) is 0 Å². The first-order chi connectivity index (χ1) is 15.1. The summed E-state index contributed by atoms with van der Waals surface area (Å²) >= 11 is 0. The maximum Gasteiger partial charge on any atom is 0.293 e. The van der Waals surface area contributed by atoms with E-state index in [9.17, 15) is 28.1 Å². The van der Waals surface area contributed by atoms with E-state index < -0.39 is 31.9 Å². The highest BCUT2D eigenvalue weighted by atomic mass is 32.2. The topological polar surface area (TPSA) is 160 Å². The molecule has 3 N–H and O–H groups in total. The number of sulfone groups is 1. The van der Waals surface area contributed by atoms with Crippen molar-refractivity contribution in [3.8, 4) is 5.75 Å². The van der Waals surface area contributed by atoms with Crippen molar-refractivity contribution in [3.63, 3.8) is 0 Å². The molecule has 168 valence electrons. The summed E-state index contributed by atoms with van der Waals surface area (Å²) in [7, 11) is -2.09. The van der Waals surface area contributed by atoms with Gasteiger partial charge in [-0.3, -0.25) is 19.7 Å². The second-order valence-corrected chi connectivity index (χ2v) is 8.87. The Hall–Kier alpha value is -3.93. The molecule has 1 heterocycles. The first kappa shape index (κ1) is 22.7. The number of pyridine rings is 1. The lowest BCUT2D eigenvalue weighted by Gasteiger charge is -2.10. The van der Waals surface area contributed by atoms with E-state index in [1.807, 2.05) is 0 Å². The van der Waals surface area contributed by atoms with Gasteiger partial charge >= 0.3 is 0 Å². The van der Waals surface area contributed by atoms with Crippen molar-refractivity contribution in [1.82, 2.24) is 10.3 Å². The van der Waals surface area contributed by atoms with Crippen LogP contribution in [0.4, 0.5) is 11.4 Å². The Morgan fingerprint density at radius 3 is 2.56 bits per heavy atom. The van der Waals surface area contributed by atoms with Crippen LogP contribution in [0.1, 0.15) is 10.4 Å². The third-order valence-electron chi connectivity index (χ3n) is 4.62. The molecule has 0 fully saturated rings. The van der Waals surface area contributed by atoms with Crippen molar-refractivity contribution in [1.29, 1.82) is 0 Å². The number of fused-ring (bicyclic) bond motifs is 1. The molecule has 1 amide bonds. The summed E-state index contributed by atoms with van der Waals surface area (Å²) in [5.74, 6) is -0.0386. The Labute approximate surface area is 182 Å². The lowest BCUT2D eigenvalue weighted by molar-refractivity contribution is -0.384. The first-order valence-electron chi connectivity index (χ1n) is 9.32. The van der Waals surface area contributed by atoms with Crippen LogP contribution in [0, 0.1) is 10.1 Å². The molecule has 3 aromatic rings. The number of carbonyl (C=O) groups is 1. The number of carbonyl (C=O) groups excluding carboxylic acids is 1. The Balaban J connectivity index is 1.68. The molecule has 32 heavy (non-hydrogen) atoms. The molecule has 1 aromatic heterocycles. The number of nitrogens with one attached hydrogen (secondary N) is 3. The van der Waals surface area contributed by atoms with E-state index in [0.29, 0.717) is 16.7 Å². The predicted octanol–water partition coefficient (Wildman–Crippen LogP) is 1.69. The van der Waals surface area contributed by atoms with Crippen LogP contribution >= 0.6 is 0 Å². The lowest BCUT2D eigenvalue weighted by atomic mass is 10.1. The van der Waals surface area contributed by atoms with Crippen LogP contribution in [0.5, 0.6) is 5.75 Å². The van der Waals surface area contributed by atoms with Gasteiger partial charge in [0.1, 0.15) is 17.0 Å². The van der Waals surface area contributed by atoms with Crippen molar-refractivity contribution in [2.45, 2.75) is 4.90 Å². The molecule has 0 spiro atoms. The number of aromatic amines is 1. The quantitative estimate of drug-likeness (QED) is 0.260. The number of amides is 1. The fourth-order valence-electron chi connectivity index (χ4n) is 2.99. The van der Waals surface area contributed by atoms with Gasteiger partial charge in [0.25, 0.3) is 17.2 Å². The summed E-state index contributed by atoms with van der Waals surface area (Å²) in [5.41, 5.74) is -0.389. The Morgan fingerprint density at radius 2 is 1.91 bits per heavy atom. The molecule has 0 radical (unpaired) electrons. The third-order valence-corrected chi connectivity index (χ3v) is 5.73. The Bertz CT molecular complexity index is 1370. The largest absolute Gasteiger partial charge is 0.497 e. The molecule has 0 saturated heterocycles. The Morgan fingerprint density at radius 1 is 1.16 bits per heavy atom. The van der Waals surface area contributed by atoms with Gasteiger partial charge < -0.3 is 20.4 Å². The number of nitro groups is 1. The van der Waals surface area contributed by atoms with Gasteiger partial charge in [-0.2, -0.15) is 0 Å². The summed E-state index contributed by atoms with van der Waals surface area (Å²) in [4.78, 5) is 37.7. The van der Waals surface area contributed by atoms with Crippen molar-refractivity contribution in [3.05, 3.63) is 68.5 Å². The van der Waals surface area contributed by atoms with Gasteiger partial charge in [0.05, 0.1) is 16.9 Å². The first-order valence-corrected chi connectivity index (χ1v) is 11.2. The van der Waals surface area contributed by atoms with Crippen LogP contribution in [-0.4, -0.2) is 50.7 Å². The van der Waals surface area contributed by atoms with Gasteiger partial charge in [-0.25, -0.2) is 8.42 Å². The molecule has 0 bridgehead atoms. The average molecular weight is 460 g/mol. The average Bonchev–Trinajstić information content (AvgIpc) is 2.74. The van der Waals surface area contributed by atoms with Crippen LogP contribution in [0.25, 0.3) is 10.9 Å². The van der Waals surface area contributed by atoms with Gasteiger partial charge in [0, 0.05) is 36.3 Å². The number of hydrogen-bond donors (Lipinski definition) is 3. The summed E-state index contributed by atoms with van der Waals surface area (Å²) in [6, 6.07) is 10.0. The molecule has 0 aliphatic heterocycles. The van der Waals surface area contributed by atoms with Gasteiger partial charge in [-0.15, -0.1) is 0 Å². The van der Waals surface area contributed by atoms with Gasteiger partial charge in [0.15, 0.2) is 9.84 Å². The minimum absolute atomic E-state index is 0.0550. The SMILES string of the molecule is COc1ccc2[nH]c(=O)c(C(=O)NCCNc3ccc(S(C)(=O)=O)cc3[N+](=O)[O-])cc2c1. The number of ether oxygens (including phenoxy) is 1. The number of aromatic nitrogens is 1. The monoisotopic (exact) mass is 460 g/mol. The van der Waals surface area contributed by atoms with Crippen LogP contribution in [-0.2, 0) is 9.84 Å². The van der Waals surface area contributed by atoms with Gasteiger partial charge in [0.2, 0.25) is 0 Å². The van der Waals surface area contributed by atoms with Crippen molar-refractivity contribution in [2.75, 3.05) is 31.8 Å². The summed E-state index contributed by atoms with van der Waals surface area (Å²) < 4.78 is 28.4. The second kappa shape index (κ2) is 9.06. The minimum Gasteiger partial charge on any atom is -0.497 e. The third kappa shape index (κ3) is 5.03. The van der Waals surface area contributed by atoms with Gasteiger partial charge in [-0.05, 0) is 36.4 Å². The zero-order valence-corrected chi connectivity index (χ0v) is 18.0. The number of benzene rings is 2. The van der Waals surface area contributed by atoms with E-state index in [1.165, 1.54) is 25.3 Å². The molecule has 0 aliphatic rings. The van der Waals surface area contributed by atoms with E-state index in [-0.39, 0.29) is 29.2 Å². The van der Waals surface area contributed by atoms with Crippen molar-refractivity contribution >= 4 is 38.0 Å². The number of anilines is 1. The van der Waals surface area contributed by atoms with Crippen LogP contribution in [0.3, 0.4) is 0 Å². The number of methoxy groups -OCH3 is 1. The molecule has 0 saturated carbocycles. The number of hydrogen-bond acceptors (Lipinski definition) is 8. The molecule has 2 aromatic carbocycles. The van der Waals surface area contributed by atoms with Crippen LogP contribution in [0.2, 0.25) is 0 Å². The number of nitro benzene ring substituents is 1. The van der Waals surface area contributed by atoms with E-state index in [1.54, 1.807) is 18.2 Å². The number of H-pyrrole nitrogens is 1. The second-order valence-electron chi connectivity index (χ2n) is 6.86. The standard InChI is InChI=1S/C20H20N4O7S/c1-31-13-3-5-16-12(9-13)10-15(20(26)23-16)19(25)22-8-7-21-17-6-4-14(32(2,29)30)11-18(17)24(27)28/h3-6,9-11,21H,7-8H2,1-2H3,(H,22,25)(H,23,26). The van der Waals surface area contributed by atoms with Crippen molar-refractivity contribution < 1.29 is 22.9 Å². The zero-order valence-electron chi connectivity index (χ0n) is 17.2.